The van der Waals surface area contributed by atoms with Crippen LogP contribution in [-0.2, 0) is 0 Å². The first-order chi connectivity index (χ1) is 10.7. The van der Waals surface area contributed by atoms with E-state index in [0.29, 0.717) is 17.7 Å². The van der Waals surface area contributed by atoms with E-state index in [0.717, 1.165) is 57.8 Å². The van der Waals surface area contributed by atoms with Gasteiger partial charge in [-0.25, -0.2) is 0 Å². The number of hydrogen-bond donors (Lipinski definition) is 1. The first-order valence-electron chi connectivity index (χ1n) is 8.39. The van der Waals surface area contributed by atoms with Crippen molar-refractivity contribution >= 4 is 5.91 Å². The second kappa shape index (κ2) is 6.79. The van der Waals surface area contributed by atoms with Gasteiger partial charge in [-0.2, -0.15) is 0 Å². The van der Waals surface area contributed by atoms with Crippen molar-refractivity contribution in [1.82, 2.24) is 20.3 Å². The van der Waals surface area contributed by atoms with Crippen LogP contribution < -0.4 is 5.32 Å². The highest BCUT2D eigenvalue weighted by Gasteiger charge is 2.32. The minimum atomic E-state index is -0.0142. The normalized spacial score (nSPS) is 24.6. The van der Waals surface area contributed by atoms with Gasteiger partial charge < -0.3 is 14.7 Å². The van der Waals surface area contributed by atoms with E-state index in [1.54, 1.807) is 0 Å². The van der Waals surface area contributed by atoms with Crippen LogP contribution in [0.2, 0.25) is 0 Å². The quantitative estimate of drug-likeness (QED) is 0.909. The molecule has 0 saturated carbocycles. The van der Waals surface area contributed by atoms with Crippen molar-refractivity contribution in [3.63, 3.8) is 0 Å². The molecule has 0 aliphatic carbocycles. The van der Waals surface area contributed by atoms with Crippen LogP contribution in [0.3, 0.4) is 0 Å². The number of nitrogens with zero attached hydrogens (tertiary/aromatic N) is 3. The molecule has 122 valence electrons. The molecule has 2 fully saturated rings. The highest BCUT2D eigenvalue weighted by molar-refractivity contribution is 5.91. The molecule has 6 heteroatoms. The molecule has 2 unspecified atom stereocenters. The first-order valence-corrected chi connectivity index (χ1v) is 8.39. The molecule has 2 saturated heterocycles. The zero-order chi connectivity index (χ0) is 15.5. The molecule has 3 heterocycles. The molecule has 0 aromatic carbocycles. The van der Waals surface area contributed by atoms with Gasteiger partial charge in [-0.3, -0.25) is 9.69 Å². The van der Waals surface area contributed by atoms with Crippen molar-refractivity contribution < 1.29 is 9.32 Å². The Balaban J connectivity index is 1.60. The number of carbonyl (C=O) groups excluding carboxylic acids is 1. The van der Waals surface area contributed by atoms with Crippen molar-refractivity contribution in [2.75, 3.05) is 39.3 Å². The van der Waals surface area contributed by atoms with Crippen LogP contribution in [0.1, 0.15) is 48.9 Å². The molecule has 0 bridgehead atoms. The van der Waals surface area contributed by atoms with E-state index in [4.69, 9.17) is 4.52 Å². The first kappa shape index (κ1) is 15.5. The standard InChI is InChI=1S/C16H26N4O2/c1-3-12(2)14-10-15(22-18-14)16(21)20-7-4-13(11-20)19-8-5-17-6-9-19/h10,12-13,17H,3-9,11H2,1-2H3. The lowest BCUT2D eigenvalue weighted by molar-refractivity contribution is 0.0732. The summed E-state index contributed by atoms with van der Waals surface area (Å²) in [5.74, 6) is 0.702. The third-order valence-electron chi connectivity index (χ3n) is 4.98. The third kappa shape index (κ3) is 3.17. The Labute approximate surface area is 131 Å². The average Bonchev–Trinajstić information content (AvgIpc) is 3.24. The molecule has 0 radical (unpaired) electrons. The van der Waals surface area contributed by atoms with Gasteiger partial charge in [-0.05, 0) is 12.8 Å². The lowest BCUT2D eigenvalue weighted by Crippen LogP contribution is -2.49. The number of rotatable bonds is 4. The summed E-state index contributed by atoms with van der Waals surface area (Å²) in [6.45, 7) is 10.1. The summed E-state index contributed by atoms with van der Waals surface area (Å²) in [5, 5.41) is 7.42. The van der Waals surface area contributed by atoms with Crippen molar-refractivity contribution in [2.24, 2.45) is 0 Å². The van der Waals surface area contributed by atoms with Gasteiger partial charge in [-0.1, -0.05) is 19.0 Å². The van der Waals surface area contributed by atoms with Crippen LogP contribution in [0.5, 0.6) is 0 Å². The number of piperazine rings is 1. The van der Waals surface area contributed by atoms with E-state index in [-0.39, 0.29) is 5.91 Å². The summed E-state index contributed by atoms with van der Waals surface area (Å²) < 4.78 is 5.28. The molecule has 3 rings (SSSR count). The van der Waals surface area contributed by atoms with E-state index >= 15 is 0 Å². The molecule has 1 aromatic rings. The van der Waals surface area contributed by atoms with Crippen molar-refractivity contribution in [3.05, 3.63) is 17.5 Å². The van der Waals surface area contributed by atoms with Gasteiger partial charge in [0.05, 0.1) is 5.69 Å². The van der Waals surface area contributed by atoms with E-state index in [1.807, 2.05) is 11.0 Å². The largest absolute Gasteiger partial charge is 0.351 e. The fraction of sp³-hybridized carbons (Fsp3) is 0.750. The summed E-state index contributed by atoms with van der Waals surface area (Å²) in [7, 11) is 0. The van der Waals surface area contributed by atoms with Crippen LogP contribution in [0.15, 0.2) is 10.6 Å². The topological polar surface area (TPSA) is 61.6 Å². The lowest BCUT2D eigenvalue weighted by atomic mass is 10.1. The Morgan fingerprint density at radius 3 is 2.95 bits per heavy atom. The Hall–Kier alpha value is -1.40. The number of aromatic nitrogens is 1. The van der Waals surface area contributed by atoms with Crippen LogP contribution in [0, 0.1) is 0 Å². The summed E-state index contributed by atoms with van der Waals surface area (Å²) in [6.07, 6.45) is 2.05. The summed E-state index contributed by atoms with van der Waals surface area (Å²) >= 11 is 0. The Kier molecular flexibility index (Phi) is 4.78. The molecule has 1 N–H and O–H groups in total. The Bertz CT molecular complexity index is 510. The zero-order valence-corrected chi connectivity index (χ0v) is 13.5. The molecular weight excluding hydrogens is 280 g/mol. The van der Waals surface area contributed by atoms with Gasteiger partial charge in [0.1, 0.15) is 0 Å². The summed E-state index contributed by atoms with van der Waals surface area (Å²) in [4.78, 5) is 17.0. The van der Waals surface area contributed by atoms with Gasteiger partial charge in [0.15, 0.2) is 0 Å². The number of likely N-dealkylation sites (tertiary alicyclic amines) is 1. The van der Waals surface area contributed by atoms with Crippen LogP contribution in [0.25, 0.3) is 0 Å². The molecule has 22 heavy (non-hydrogen) atoms. The number of carbonyl (C=O) groups is 1. The maximum Gasteiger partial charge on any atom is 0.292 e. The lowest BCUT2D eigenvalue weighted by Gasteiger charge is -2.32. The van der Waals surface area contributed by atoms with Crippen LogP contribution in [-0.4, -0.2) is 66.2 Å². The van der Waals surface area contributed by atoms with Crippen molar-refractivity contribution in [1.29, 1.82) is 0 Å². The van der Waals surface area contributed by atoms with E-state index in [1.165, 1.54) is 0 Å². The minimum absolute atomic E-state index is 0.0142. The van der Waals surface area contributed by atoms with E-state index in [9.17, 15) is 4.79 Å². The van der Waals surface area contributed by atoms with Crippen molar-refractivity contribution in [3.8, 4) is 0 Å². The third-order valence-corrected chi connectivity index (χ3v) is 4.98. The molecule has 0 spiro atoms. The Morgan fingerprint density at radius 1 is 1.45 bits per heavy atom. The second-order valence-electron chi connectivity index (χ2n) is 6.40. The van der Waals surface area contributed by atoms with Crippen molar-refractivity contribution in [2.45, 2.75) is 38.6 Å². The fourth-order valence-electron chi connectivity index (χ4n) is 3.26. The maximum absolute atomic E-state index is 12.6. The average molecular weight is 306 g/mol. The van der Waals surface area contributed by atoms with Crippen LogP contribution in [0.4, 0.5) is 0 Å². The van der Waals surface area contributed by atoms with Gasteiger partial charge in [0, 0.05) is 57.3 Å². The number of amides is 1. The summed E-state index contributed by atoms with van der Waals surface area (Å²) in [6, 6.07) is 2.30. The molecular formula is C16H26N4O2. The number of hydrogen-bond acceptors (Lipinski definition) is 5. The predicted octanol–water partition coefficient (Wildman–Crippen LogP) is 1.31. The fourth-order valence-corrected chi connectivity index (χ4v) is 3.26. The Morgan fingerprint density at radius 2 is 2.23 bits per heavy atom. The monoisotopic (exact) mass is 306 g/mol. The second-order valence-corrected chi connectivity index (χ2v) is 6.40. The van der Waals surface area contributed by atoms with Gasteiger partial charge in [0.25, 0.3) is 5.91 Å². The van der Waals surface area contributed by atoms with E-state index in [2.05, 4.69) is 29.2 Å². The maximum atomic E-state index is 12.6. The minimum Gasteiger partial charge on any atom is -0.351 e. The van der Waals surface area contributed by atoms with Gasteiger partial charge in [-0.15, -0.1) is 0 Å². The highest BCUT2D eigenvalue weighted by atomic mass is 16.5. The molecule has 1 amide bonds. The van der Waals surface area contributed by atoms with Gasteiger partial charge in [0.2, 0.25) is 5.76 Å². The number of nitrogens with one attached hydrogen (secondary N) is 1. The smallest absolute Gasteiger partial charge is 0.292 e. The molecule has 2 atom stereocenters. The highest BCUT2D eigenvalue weighted by Crippen LogP contribution is 2.22. The van der Waals surface area contributed by atoms with Gasteiger partial charge >= 0.3 is 0 Å². The molecule has 6 nitrogen and oxygen atoms in total. The molecule has 2 aliphatic heterocycles. The predicted molar refractivity (Wildman–Crippen MR) is 84.0 cm³/mol. The zero-order valence-electron chi connectivity index (χ0n) is 13.5. The van der Waals surface area contributed by atoms with Crippen LogP contribution >= 0.6 is 0 Å². The SMILES string of the molecule is CCC(C)c1cc(C(=O)N2CCC(N3CCNCC3)C2)on1. The van der Waals surface area contributed by atoms with E-state index < -0.39 is 0 Å². The molecule has 2 aliphatic rings. The summed E-state index contributed by atoms with van der Waals surface area (Å²) in [5.41, 5.74) is 0.878. The molecule has 1 aromatic heterocycles.